The molecule has 0 aromatic heterocycles. The lowest BCUT2D eigenvalue weighted by molar-refractivity contribution is 0.225. The maximum atomic E-state index is 5.27. The summed E-state index contributed by atoms with van der Waals surface area (Å²) < 4.78 is 21.0. The van der Waals surface area contributed by atoms with Gasteiger partial charge in [0.1, 0.15) is 0 Å². The summed E-state index contributed by atoms with van der Waals surface area (Å²) in [5, 5.41) is 7.69. The molecule has 0 radical (unpaired) electrons. The third-order valence-corrected chi connectivity index (χ3v) is 2.61. The molecule has 6 nitrogen and oxygen atoms in total. The van der Waals surface area contributed by atoms with Crippen molar-refractivity contribution in [3.05, 3.63) is 17.7 Å². The van der Waals surface area contributed by atoms with E-state index in [9.17, 15) is 0 Å². The van der Waals surface area contributed by atoms with Crippen LogP contribution in [-0.2, 0) is 4.74 Å². The Labute approximate surface area is 110 Å². The Balaban J connectivity index is 2.43. The Morgan fingerprint density at radius 3 is 2.11 bits per heavy atom. The molecule has 0 amide bonds. The summed E-state index contributed by atoms with van der Waals surface area (Å²) in [6, 6.07) is 3.50. The van der Waals surface area contributed by atoms with Gasteiger partial charge in [0.05, 0.1) is 21.3 Å². The summed E-state index contributed by atoms with van der Waals surface area (Å²) in [5.41, 5.74) is 0.730. The van der Waals surface area contributed by atoms with Crippen molar-refractivity contribution in [1.29, 1.82) is 0 Å². The zero-order chi connectivity index (χ0) is 13.1. The zero-order valence-corrected chi connectivity index (χ0v) is 11.0. The van der Waals surface area contributed by atoms with E-state index in [4.69, 9.17) is 31.2 Å². The first-order valence-electron chi connectivity index (χ1n) is 5.11. The highest BCUT2D eigenvalue weighted by Gasteiger charge is 2.23. The Kier molecular flexibility index (Phi) is 3.61. The summed E-state index contributed by atoms with van der Waals surface area (Å²) in [4.78, 5) is 0. The van der Waals surface area contributed by atoms with Gasteiger partial charge in [-0.2, -0.15) is 0 Å². The number of benzene rings is 1. The second kappa shape index (κ2) is 5.18. The minimum atomic E-state index is -0.564. The summed E-state index contributed by atoms with van der Waals surface area (Å²) in [6.07, 6.45) is -0.564. The van der Waals surface area contributed by atoms with Crippen LogP contribution in [0, 0.1) is 0 Å². The molecule has 1 unspecified atom stereocenters. The SMILES string of the molecule is COc1cc(C2N=NC(=S)O2)cc(OC)c1OC. The molecule has 0 N–H and O–H groups in total. The lowest BCUT2D eigenvalue weighted by Crippen LogP contribution is -2.01. The minimum absolute atomic E-state index is 0.119. The molecule has 96 valence electrons. The van der Waals surface area contributed by atoms with Crippen LogP contribution >= 0.6 is 12.2 Å². The Morgan fingerprint density at radius 1 is 1.11 bits per heavy atom. The maximum Gasteiger partial charge on any atom is 0.304 e. The molecule has 1 aromatic carbocycles. The zero-order valence-electron chi connectivity index (χ0n) is 10.2. The first kappa shape index (κ1) is 12.6. The highest BCUT2D eigenvalue weighted by molar-refractivity contribution is 7.80. The quantitative estimate of drug-likeness (QED) is 0.785. The fourth-order valence-corrected chi connectivity index (χ4v) is 1.76. The lowest BCUT2D eigenvalue weighted by Gasteiger charge is -2.15. The standard InChI is InChI=1S/C11H12N2O4S/c1-14-7-4-6(10-12-13-11(18)17-10)5-8(15-2)9(7)16-3/h4-5,10H,1-3H3. The van der Waals surface area contributed by atoms with Gasteiger partial charge in [-0.05, 0) is 24.4 Å². The molecule has 7 heteroatoms. The van der Waals surface area contributed by atoms with Gasteiger partial charge in [0, 0.05) is 5.56 Å². The van der Waals surface area contributed by atoms with Crippen molar-refractivity contribution in [2.45, 2.75) is 6.23 Å². The lowest BCUT2D eigenvalue weighted by atomic mass is 10.1. The molecule has 2 rings (SSSR count). The highest BCUT2D eigenvalue weighted by Crippen LogP contribution is 2.41. The summed E-state index contributed by atoms with van der Waals surface area (Å²) in [6.45, 7) is 0. The van der Waals surface area contributed by atoms with Crippen molar-refractivity contribution < 1.29 is 18.9 Å². The van der Waals surface area contributed by atoms with Crippen molar-refractivity contribution >= 4 is 17.4 Å². The number of ether oxygens (including phenoxy) is 4. The Bertz CT molecular complexity index is 479. The molecule has 0 saturated heterocycles. The van der Waals surface area contributed by atoms with Crippen LogP contribution in [0.25, 0.3) is 0 Å². The third-order valence-electron chi connectivity index (χ3n) is 2.43. The van der Waals surface area contributed by atoms with E-state index in [0.29, 0.717) is 17.2 Å². The van der Waals surface area contributed by atoms with E-state index in [2.05, 4.69) is 10.2 Å². The van der Waals surface area contributed by atoms with Crippen LogP contribution in [0.4, 0.5) is 0 Å². The van der Waals surface area contributed by atoms with E-state index >= 15 is 0 Å². The second-order valence-corrected chi connectivity index (χ2v) is 3.76. The van der Waals surface area contributed by atoms with Gasteiger partial charge in [-0.25, -0.2) is 0 Å². The van der Waals surface area contributed by atoms with Crippen LogP contribution in [0.1, 0.15) is 11.8 Å². The Hall–Kier alpha value is -1.89. The predicted octanol–water partition coefficient (Wildman–Crippen LogP) is 2.48. The molecule has 0 fully saturated rings. The molecule has 1 aromatic rings. The van der Waals surface area contributed by atoms with Gasteiger partial charge in [0.2, 0.25) is 12.0 Å². The van der Waals surface area contributed by atoms with E-state index in [1.807, 2.05) is 0 Å². The molecule has 0 aliphatic carbocycles. The number of rotatable bonds is 4. The van der Waals surface area contributed by atoms with Crippen LogP contribution < -0.4 is 14.2 Å². The van der Waals surface area contributed by atoms with E-state index < -0.39 is 6.23 Å². The molecule has 0 bridgehead atoms. The van der Waals surface area contributed by atoms with E-state index in [-0.39, 0.29) is 5.17 Å². The van der Waals surface area contributed by atoms with Crippen LogP contribution in [0.3, 0.4) is 0 Å². The average molecular weight is 268 g/mol. The molecule has 1 aliphatic rings. The molecular formula is C11H12N2O4S. The van der Waals surface area contributed by atoms with Crippen molar-refractivity contribution in [2.24, 2.45) is 10.2 Å². The maximum absolute atomic E-state index is 5.27. The largest absolute Gasteiger partial charge is 0.493 e. The number of thiocarbonyl (C=S) groups is 1. The second-order valence-electron chi connectivity index (χ2n) is 3.41. The number of azo groups is 1. The van der Waals surface area contributed by atoms with E-state index in [1.54, 1.807) is 33.5 Å². The van der Waals surface area contributed by atoms with Crippen molar-refractivity contribution in [2.75, 3.05) is 21.3 Å². The third kappa shape index (κ3) is 2.21. The molecule has 18 heavy (non-hydrogen) atoms. The van der Waals surface area contributed by atoms with Gasteiger partial charge in [0.15, 0.2) is 11.5 Å². The summed E-state index contributed by atoms with van der Waals surface area (Å²) >= 11 is 4.80. The van der Waals surface area contributed by atoms with Crippen molar-refractivity contribution in [1.82, 2.24) is 0 Å². The molecule has 1 atom stereocenters. The van der Waals surface area contributed by atoms with E-state index in [0.717, 1.165) is 5.56 Å². The predicted molar refractivity (Wildman–Crippen MR) is 67.4 cm³/mol. The molecule has 1 aliphatic heterocycles. The van der Waals surface area contributed by atoms with Crippen molar-refractivity contribution in [3.63, 3.8) is 0 Å². The van der Waals surface area contributed by atoms with Gasteiger partial charge >= 0.3 is 5.17 Å². The first-order valence-corrected chi connectivity index (χ1v) is 5.51. The number of hydrogen-bond donors (Lipinski definition) is 0. The van der Waals surface area contributed by atoms with Gasteiger partial charge < -0.3 is 18.9 Å². The number of methoxy groups -OCH3 is 3. The first-order chi connectivity index (χ1) is 8.69. The smallest absolute Gasteiger partial charge is 0.304 e. The normalized spacial score (nSPS) is 17.5. The van der Waals surface area contributed by atoms with Gasteiger partial charge in [-0.1, -0.05) is 0 Å². The van der Waals surface area contributed by atoms with Gasteiger partial charge in [-0.15, -0.1) is 10.2 Å². The molecule has 1 heterocycles. The number of hydrogen-bond acceptors (Lipinski definition) is 6. The summed E-state index contributed by atoms with van der Waals surface area (Å²) in [7, 11) is 4.63. The van der Waals surface area contributed by atoms with E-state index in [1.165, 1.54) is 0 Å². The molecule has 0 spiro atoms. The van der Waals surface area contributed by atoms with Crippen LogP contribution in [0.15, 0.2) is 22.4 Å². The van der Waals surface area contributed by atoms with Gasteiger partial charge in [-0.3, -0.25) is 0 Å². The summed E-state index contributed by atoms with van der Waals surface area (Å²) in [5.74, 6) is 1.58. The van der Waals surface area contributed by atoms with Crippen LogP contribution in [-0.4, -0.2) is 26.5 Å². The van der Waals surface area contributed by atoms with Crippen molar-refractivity contribution in [3.8, 4) is 17.2 Å². The topological polar surface area (TPSA) is 61.6 Å². The highest BCUT2D eigenvalue weighted by atomic mass is 32.1. The molecule has 0 saturated carbocycles. The van der Waals surface area contributed by atoms with Crippen LogP contribution in [0.5, 0.6) is 17.2 Å². The molecular weight excluding hydrogens is 256 g/mol. The van der Waals surface area contributed by atoms with Gasteiger partial charge in [0.25, 0.3) is 0 Å². The number of nitrogens with zero attached hydrogens (tertiary/aromatic N) is 2. The fraction of sp³-hybridized carbons (Fsp3) is 0.364. The Morgan fingerprint density at radius 2 is 1.72 bits per heavy atom. The average Bonchev–Trinajstić information content (AvgIpc) is 2.83. The monoisotopic (exact) mass is 268 g/mol. The minimum Gasteiger partial charge on any atom is -0.493 e. The fourth-order valence-electron chi connectivity index (χ4n) is 1.62. The van der Waals surface area contributed by atoms with Crippen LogP contribution in [0.2, 0.25) is 0 Å².